The summed E-state index contributed by atoms with van der Waals surface area (Å²) in [5.41, 5.74) is 1.54. The van der Waals surface area contributed by atoms with Crippen LogP contribution >= 0.6 is 11.6 Å². The second-order valence-corrected chi connectivity index (χ2v) is 11.3. The van der Waals surface area contributed by atoms with Crippen molar-refractivity contribution in [1.29, 1.82) is 0 Å². The van der Waals surface area contributed by atoms with Gasteiger partial charge in [-0.05, 0) is 55.7 Å². The minimum absolute atomic E-state index is 0.0286. The third-order valence-electron chi connectivity index (χ3n) is 6.48. The van der Waals surface area contributed by atoms with Crippen LogP contribution in [0.2, 0.25) is 5.02 Å². The van der Waals surface area contributed by atoms with E-state index in [0.717, 1.165) is 18.7 Å². The number of pyridine rings is 1. The van der Waals surface area contributed by atoms with Gasteiger partial charge in [0.2, 0.25) is 0 Å². The van der Waals surface area contributed by atoms with Gasteiger partial charge in [-0.15, -0.1) is 0 Å². The van der Waals surface area contributed by atoms with Crippen LogP contribution in [0.4, 0.5) is 10.5 Å². The van der Waals surface area contributed by atoms with Crippen molar-refractivity contribution in [3.05, 3.63) is 53.3 Å². The Labute approximate surface area is 199 Å². The minimum atomic E-state index is -2.91. The maximum absolute atomic E-state index is 12.7. The summed E-state index contributed by atoms with van der Waals surface area (Å²) in [4.78, 5) is 19.7. The highest BCUT2D eigenvalue weighted by Gasteiger charge is 2.37. The van der Waals surface area contributed by atoms with Crippen molar-refractivity contribution in [1.82, 2.24) is 15.2 Å². The molecule has 0 saturated carbocycles. The van der Waals surface area contributed by atoms with Crippen molar-refractivity contribution in [2.75, 3.05) is 37.0 Å². The fraction of sp³-hybridized carbons (Fsp3) is 0.478. The number of sulfone groups is 1. The Kier molecular flexibility index (Phi) is 7.41. The van der Waals surface area contributed by atoms with Crippen molar-refractivity contribution >= 4 is 33.2 Å². The van der Waals surface area contributed by atoms with Crippen LogP contribution in [0.1, 0.15) is 30.9 Å². The quantitative estimate of drug-likeness (QED) is 0.664. The first-order valence-electron chi connectivity index (χ1n) is 11.1. The number of benzene rings is 1. The van der Waals surface area contributed by atoms with Crippen molar-refractivity contribution in [2.24, 2.45) is 0 Å². The van der Waals surface area contributed by atoms with Gasteiger partial charge in [0.25, 0.3) is 0 Å². The molecule has 2 saturated heterocycles. The van der Waals surface area contributed by atoms with Crippen molar-refractivity contribution < 1.29 is 17.9 Å². The molecule has 0 aliphatic carbocycles. The molecule has 8 nitrogen and oxygen atoms in total. The number of nitrogens with one attached hydrogen (secondary N) is 2. The van der Waals surface area contributed by atoms with Crippen LogP contribution in [0.25, 0.3) is 0 Å². The second kappa shape index (κ2) is 10.3. The monoisotopic (exact) mass is 492 g/mol. The zero-order valence-corrected chi connectivity index (χ0v) is 20.1. The first-order chi connectivity index (χ1) is 15.8. The molecule has 2 aliphatic heterocycles. The van der Waals surface area contributed by atoms with Gasteiger partial charge in [-0.25, -0.2) is 13.2 Å². The number of carbonyl (C=O) groups excluding carboxylic acids is 1. The molecule has 10 heteroatoms. The summed E-state index contributed by atoms with van der Waals surface area (Å²) < 4.78 is 29.0. The Balaban J connectivity index is 1.47. The number of rotatable bonds is 5. The second-order valence-electron chi connectivity index (χ2n) is 8.61. The van der Waals surface area contributed by atoms with Crippen LogP contribution in [0.3, 0.4) is 0 Å². The number of hydrogen-bond donors (Lipinski definition) is 2. The molecular weight excluding hydrogens is 464 g/mol. The summed E-state index contributed by atoms with van der Waals surface area (Å²) in [6.07, 6.45) is 3.74. The number of ether oxygens (including phenoxy) is 1. The van der Waals surface area contributed by atoms with Crippen LogP contribution in [0, 0.1) is 0 Å². The van der Waals surface area contributed by atoms with Crippen molar-refractivity contribution in [2.45, 2.75) is 37.3 Å². The standard InChI is InChI=1S/C23H29ClN4O4S/c1-32-19-6-7-21(25-14-19)20-15-28(18-9-12-33(30,31)13-10-18)11-8-22(20)27-23(29)26-17-4-2-16(24)3-5-17/h2-7,14,18,20,22H,8-13,15H2,1H3,(H2,26,27,29). The lowest BCUT2D eigenvalue weighted by atomic mass is 9.87. The number of amides is 2. The normalized spacial score (nSPS) is 23.6. The van der Waals surface area contributed by atoms with E-state index in [1.807, 2.05) is 12.1 Å². The number of halogens is 1. The van der Waals surface area contributed by atoms with Crippen molar-refractivity contribution in [3.8, 4) is 5.75 Å². The molecule has 1 aromatic carbocycles. The van der Waals surface area contributed by atoms with Gasteiger partial charge in [0.1, 0.15) is 15.6 Å². The van der Waals surface area contributed by atoms with Crippen LogP contribution in [0.15, 0.2) is 42.6 Å². The number of urea groups is 1. The SMILES string of the molecule is COc1ccc(C2CN(C3CCS(=O)(=O)CC3)CCC2NC(=O)Nc2ccc(Cl)cc2)nc1. The maximum atomic E-state index is 12.7. The summed E-state index contributed by atoms with van der Waals surface area (Å²) >= 11 is 5.92. The average Bonchev–Trinajstić information content (AvgIpc) is 2.81. The predicted molar refractivity (Wildman–Crippen MR) is 129 cm³/mol. The number of aromatic nitrogens is 1. The van der Waals surface area contributed by atoms with E-state index in [9.17, 15) is 13.2 Å². The van der Waals surface area contributed by atoms with E-state index in [-0.39, 0.29) is 35.5 Å². The summed E-state index contributed by atoms with van der Waals surface area (Å²) in [6.45, 7) is 1.50. The lowest BCUT2D eigenvalue weighted by molar-refractivity contribution is 0.119. The molecule has 4 rings (SSSR count). The van der Waals surface area contributed by atoms with Crippen LogP contribution in [0.5, 0.6) is 5.75 Å². The number of carbonyl (C=O) groups is 1. The van der Waals surface area contributed by atoms with E-state index < -0.39 is 9.84 Å². The van der Waals surface area contributed by atoms with Gasteiger partial charge in [-0.3, -0.25) is 9.88 Å². The number of anilines is 1. The smallest absolute Gasteiger partial charge is 0.319 e. The predicted octanol–water partition coefficient (Wildman–Crippen LogP) is 3.30. The van der Waals surface area contributed by atoms with E-state index in [0.29, 0.717) is 35.8 Å². The third-order valence-corrected chi connectivity index (χ3v) is 8.45. The number of likely N-dealkylation sites (tertiary alicyclic amines) is 1. The first kappa shape index (κ1) is 23.8. The molecule has 2 atom stereocenters. The molecule has 33 heavy (non-hydrogen) atoms. The Bertz CT molecular complexity index is 1050. The van der Waals surface area contributed by atoms with E-state index in [2.05, 4.69) is 20.5 Å². The van der Waals surface area contributed by atoms with Crippen LogP contribution < -0.4 is 15.4 Å². The summed E-state index contributed by atoms with van der Waals surface area (Å²) in [6, 6.07) is 10.6. The first-order valence-corrected chi connectivity index (χ1v) is 13.3. The van der Waals surface area contributed by atoms with Gasteiger partial charge in [0, 0.05) is 47.5 Å². The van der Waals surface area contributed by atoms with Gasteiger partial charge < -0.3 is 15.4 Å². The summed E-state index contributed by atoms with van der Waals surface area (Å²) in [7, 11) is -1.31. The average molecular weight is 493 g/mol. The zero-order chi connectivity index (χ0) is 23.4. The van der Waals surface area contributed by atoms with Gasteiger partial charge in [0.05, 0.1) is 24.8 Å². The highest BCUT2D eigenvalue weighted by molar-refractivity contribution is 7.91. The molecule has 0 radical (unpaired) electrons. The fourth-order valence-corrected chi connectivity index (χ4v) is 6.22. The number of methoxy groups -OCH3 is 1. The van der Waals surface area contributed by atoms with E-state index in [4.69, 9.17) is 16.3 Å². The minimum Gasteiger partial charge on any atom is -0.495 e. The molecule has 2 fully saturated rings. The molecule has 2 amide bonds. The molecule has 2 N–H and O–H groups in total. The van der Waals surface area contributed by atoms with E-state index in [1.165, 1.54) is 0 Å². The largest absolute Gasteiger partial charge is 0.495 e. The highest BCUT2D eigenvalue weighted by atomic mass is 35.5. The number of piperidine rings is 1. The molecule has 0 bridgehead atoms. The maximum Gasteiger partial charge on any atom is 0.319 e. The van der Waals surface area contributed by atoms with Crippen molar-refractivity contribution in [3.63, 3.8) is 0 Å². The van der Waals surface area contributed by atoms with Gasteiger partial charge in [0.15, 0.2) is 0 Å². The van der Waals surface area contributed by atoms with Gasteiger partial charge in [-0.1, -0.05) is 11.6 Å². The highest BCUT2D eigenvalue weighted by Crippen LogP contribution is 2.31. The van der Waals surface area contributed by atoms with Gasteiger partial charge in [-0.2, -0.15) is 0 Å². The molecule has 2 aliphatic rings. The molecule has 0 spiro atoms. The fourth-order valence-electron chi connectivity index (χ4n) is 4.62. The molecule has 2 aromatic rings. The number of hydrogen-bond acceptors (Lipinski definition) is 6. The van der Waals surface area contributed by atoms with E-state index >= 15 is 0 Å². The van der Waals surface area contributed by atoms with Crippen LogP contribution in [-0.2, 0) is 9.84 Å². The topological polar surface area (TPSA) is 101 Å². The third kappa shape index (κ3) is 6.16. The Morgan fingerprint density at radius 1 is 1.12 bits per heavy atom. The molecule has 1 aromatic heterocycles. The van der Waals surface area contributed by atoms with Gasteiger partial charge >= 0.3 is 6.03 Å². The molecule has 2 unspecified atom stereocenters. The summed E-state index contributed by atoms with van der Waals surface area (Å²) in [5, 5.41) is 6.59. The Morgan fingerprint density at radius 3 is 2.48 bits per heavy atom. The zero-order valence-electron chi connectivity index (χ0n) is 18.5. The van der Waals surface area contributed by atoms with E-state index in [1.54, 1.807) is 37.6 Å². The molecule has 3 heterocycles. The summed E-state index contributed by atoms with van der Waals surface area (Å²) in [5.74, 6) is 1.13. The molecule has 178 valence electrons. The molecular formula is C23H29ClN4O4S. The Morgan fingerprint density at radius 2 is 1.85 bits per heavy atom. The Hall–Kier alpha value is -2.36. The van der Waals surface area contributed by atoms with Crippen LogP contribution in [-0.4, -0.2) is 68.1 Å². The number of nitrogens with zero attached hydrogens (tertiary/aromatic N) is 2. The lowest BCUT2D eigenvalue weighted by Gasteiger charge is -2.43. The lowest BCUT2D eigenvalue weighted by Crippen LogP contribution is -2.54.